The van der Waals surface area contributed by atoms with Gasteiger partial charge in [0, 0.05) is 12.0 Å². The lowest BCUT2D eigenvalue weighted by Crippen LogP contribution is -2.10. The van der Waals surface area contributed by atoms with Crippen LogP contribution in [0.2, 0.25) is 0 Å². The Morgan fingerprint density at radius 3 is 2.68 bits per heavy atom. The fraction of sp³-hybridized carbons (Fsp3) is 0.154. The van der Waals surface area contributed by atoms with E-state index >= 15 is 0 Å². The van der Waals surface area contributed by atoms with Gasteiger partial charge in [-0.3, -0.25) is 14.4 Å². The van der Waals surface area contributed by atoms with Crippen molar-refractivity contribution in [3.05, 3.63) is 50.4 Å². The summed E-state index contributed by atoms with van der Waals surface area (Å²) in [5.41, 5.74) is 0.594. The second-order valence-electron chi connectivity index (χ2n) is 4.17. The third-order valence-electron chi connectivity index (χ3n) is 2.93. The standard InChI is InChI=1S/C13H9NO3S2/c15-9(7-4-2-1-3-5-7)6-8-10-11(19-12(8)16)14-13(17)18-10/h1-5,8H,6H2,(H,14,17). The average molecular weight is 291 g/mol. The van der Waals surface area contributed by atoms with Gasteiger partial charge < -0.3 is 4.98 Å². The van der Waals surface area contributed by atoms with Crippen LogP contribution in [0.5, 0.6) is 0 Å². The first kappa shape index (κ1) is 12.4. The molecule has 0 aliphatic carbocycles. The number of ketones is 1. The molecule has 0 spiro atoms. The fourth-order valence-electron chi connectivity index (χ4n) is 2.01. The first-order valence-corrected chi connectivity index (χ1v) is 7.31. The van der Waals surface area contributed by atoms with Crippen molar-refractivity contribution >= 4 is 34.0 Å². The van der Waals surface area contributed by atoms with Crippen LogP contribution in [0.3, 0.4) is 0 Å². The molecule has 0 saturated carbocycles. The van der Waals surface area contributed by atoms with Crippen LogP contribution >= 0.6 is 23.1 Å². The van der Waals surface area contributed by atoms with E-state index in [1.165, 1.54) is 0 Å². The summed E-state index contributed by atoms with van der Waals surface area (Å²) in [5, 5.41) is 0.535. The predicted octanol–water partition coefficient (Wildman–Crippen LogP) is 2.43. The summed E-state index contributed by atoms with van der Waals surface area (Å²) in [6, 6.07) is 8.88. The molecule has 1 N–H and O–H groups in total. The Bertz CT molecular complexity index is 702. The van der Waals surface area contributed by atoms with Gasteiger partial charge in [0.15, 0.2) is 5.78 Å². The molecule has 19 heavy (non-hydrogen) atoms. The number of aromatic nitrogens is 1. The molecule has 1 aliphatic heterocycles. The first-order valence-electron chi connectivity index (χ1n) is 5.68. The molecule has 0 saturated heterocycles. The molecular formula is C13H9NO3S2. The van der Waals surface area contributed by atoms with E-state index < -0.39 is 5.92 Å². The van der Waals surface area contributed by atoms with E-state index in [1.807, 2.05) is 6.07 Å². The van der Waals surface area contributed by atoms with Gasteiger partial charge in [0.2, 0.25) is 5.12 Å². The van der Waals surface area contributed by atoms with Gasteiger partial charge in [-0.2, -0.15) is 0 Å². The van der Waals surface area contributed by atoms with Gasteiger partial charge in [-0.25, -0.2) is 0 Å². The maximum absolute atomic E-state index is 12.1. The number of hydrogen-bond acceptors (Lipinski definition) is 5. The minimum absolute atomic E-state index is 0.0678. The number of thioether (sulfide) groups is 1. The quantitative estimate of drug-likeness (QED) is 0.882. The largest absolute Gasteiger partial charge is 0.307 e. The number of nitrogens with one attached hydrogen (secondary N) is 1. The topological polar surface area (TPSA) is 67.0 Å². The number of fused-ring (bicyclic) bond motifs is 1. The van der Waals surface area contributed by atoms with Gasteiger partial charge in [0.05, 0.1) is 15.8 Å². The zero-order chi connectivity index (χ0) is 13.4. The second kappa shape index (κ2) is 4.79. The van der Waals surface area contributed by atoms with Crippen LogP contribution in [-0.4, -0.2) is 15.9 Å². The van der Waals surface area contributed by atoms with E-state index in [9.17, 15) is 14.4 Å². The molecule has 0 bridgehead atoms. The molecule has 2 aromatic rings. The molecule has 2 heterocycles. The Morgan fingerprint density at radius 1 is 1.21 bits per heavy atom. The van der Waals surface area contributed by atoms with Crippen LogP contribution in [0.1, 0.15) is 27.6 Å². The normalized spacial score (nSPS) is 17.5. The summed E-state index contributed by atoms with van der Waals surface area (Å²) in [5.74, 6) is -0.565. The SMILES string of the molecule is O=C(CC1C(=O)Sc2[nH]c(=O)sc21)c1ccccc1. The highest BCUT2D eigenvalue weighted by Gasteiger charge is 2.36. The van der Waals surface area contributed by atoms with Gasteiger partial charge >= 0.3 is 4.87 Å². The van der Waals surface area contributed by atoms with Gasteiger partial charge in [0.1, 0.15) is 0 Å². The third-order valence-corrected chi connectivity index (χ3v) is 5.07. The van der Waals surface area contributed by atoms with Crippen molar-refractivity contribution in [3.8, 4) is 0 Å². The maximum atomic E-state index is 12.1. The van der Waals surface area contributed by atoms with Gasteiger partial charge in [0.25, 0.3) is 0 Å². The van der Waals surface area contributed by atoms with Crippen molar-refractivity contribution in [2.24, 2.45) is 0 Å². The lowest BCUT2D eigenvalue weighted by molar-refractivity contribution is -0.111. The van der Waals surface area contributed by atoms with Gasteiger partial charge in [-0.05, 0) is 11.8 Å². The van der Waals surface area contributed by atoms with E-state index in [1.54, 1.807) is 24.3 Å². The number of carbonyl (C=O) groups excluding carboxylic acids is 2. The number of H-pyrrole nitrogens is 1. The summed E-state index contributed by atoms with van der Waals surface area (Å²) in [7, 11) is 0. The Hall–Kier alpha value is -1.66. The highest BCUT2D eigenvalue weighted by molar-refractivity contribution is 8.14. The Morgan fingerprint density at radius 2 is 1.95 bits per heavy atom. The highest BCUT2D eigenvalue weighted by Crippen LogP contribution is 2.43. The molecule has 0 fully saturated rings. The summed E-state index contributed by atoms with van der Waals surface area (Å²) in [6.45, 7) is 0. The zero-order valence-corrected chi connectivity index (χ0v) is 11.3. The van der Waals surface area contributed by atoms with E-state index in [4.69, 9.17) is 0 Å². The number of aromatic amines is 1. The van der Waals surface area contributed by atoms with E-state index in [2.05, 4.69) is 4.98 Å². The summed E-state index contributed by atoms with van der Waals surface area (Å²) < 4.78 is 0. The number of carbonyl (C=O) groups is 2. The number of benzene rings is 1. The predicted molar refractivity (Wildman–Crippen MR) is 73.9 cm³/mol. The Kier molecular flexibility index (Phi) is 3.12. The molecule has 1 atom stereocenters. The van der Waals surface area contributed by atoms with Crippen molar-refractivity contribution in [2.75, 3.05) is 0 Å². The van der Waals surface area contributed by atoms with Crippen molar-refractivity contribution in [3.63, 3.8) is 0 Å². The molecule has 4 nitrogen and oxygen atoms in total. The average Bonchev–Trinajstić information content (AvgIpc) is 2.88. The smallest absolute Gasteiger partial charge is 0.305 e. The summed E-state index contributed by atoms with van der Waals surface area (Å²) in [6.07, 6.45) is 0.122. The molecule has 1 unspecified atom stereocenters. The van der Waals surface area contributed by atoms with Crippen LogP contribution in [0.4, 0.5) is 0 Å². The molecule has 0 radical (unpaired) electrons. The lowest BCUT2D eigenvalue weighted by Gasteiger charge is -2.06. The van der Waals surface area contributed by atoms with Crippen LogP contribution in [0.25, 0.3) is 0 Å². The van der Waals surface area contributed by atoms with Crippen molar-refractivity contribution < 1.29 is 9.59 Å². The van der Waals surface area contributed by atoms with Crippen LogP contribution in [-0.2, 0) is 4.79 Å². The third kappa shape index (κ3) is 2.29. The van der Waals surface area contributed by atoms with Gasteiger partial charge in [-0.1, -0.05) is 41.7 Å². The van der Waals surface area contributed by atoms with E-state index in [0.29, 0.717) is 15.5 Å². The molecule has 1 aromatic heterocycles. The molecule has 6 heteroatoms. The van der Waals surface area contributed by atoms with Gasteiger partial charge in [-0.15, -0.1) is 0 Å². The summed E-state index contributed by atoms with van der Waals surface area (Å²) in [4.78, 5) is 38.4. The Balaban J connectivity index is 1.86. The van der Waals surface area contributed by atoms with Crippen molar-refractivity contribution in [1.29, 1.82) is 0 Å². The van der Waals surface area contributed by atoms with Crippen molar-refractivity contribution in [2.45, 2.75) is 17.4 Å². The molecule has 3 rings (SSSR count). The first-order chi connectivity index (χ1) is 9.15. The molecular weight excluding hydrogens is 282 g/mol. The molecule has 1 aliphatic rings. The number of rotatable bonds is 3. The number of hydrogen-bond donors (Lipinski definition) is 1. The molecule has 96 valence electrons. The van der Waals surface area contributed by atoms with E-state index in [-0.39, 0.29) is 22.2 Å². The fourth-order valence-corrected chi connectivity index (χ4v) is 4.16. The summed E-state index contributed by atoms with van der Waals surface area (Å²) >= 11 is 2.04. The Labute approximate surface area is 116 Å². The second-order valence-corrected chi connectivity index (χ2v) is 6.20. The van der Waals surface area contributed by atoms with Crippen LogP contribution < -0.4 is 4.87 Å². The van der Waals surface area contributed by atoms with Crippen LogP contribution in [0.15, 0.2) is 40.2 Å². The maximum Gasteiger partial charge on any atom is 0.305 e. The number of thiazole rings is 1. The lowest BCUT2D eigenvalue weighted by atomic mass is 9.98. The number of Topliss-reactive ketones (excluding diaryl/α,β-unsaturated/α-hetero) is 1. The minimum Gasteiger partial charge on any atom is -0.307 e. The molecule has 0 amide bonds. The van der Waals surface area contributed by atoms with Crippen molar-refractivity contribution in [1.82, 2.24) is 4.98 Å². The monoisotopic (exact) mass is 291 g/mol. The zero-order valence-electron chi connectivity index (χ0n) is 9.71. The molecule has 1 aromatic carbocycles. The highest BCUT2D eigenvalue weighted by atomic mass is 32.2. The minimum atomic E-state index is -0.489. The van der Waals surface area contributed by atoms with E-state index in [0.717, 1.165) is 23.1 Å². The van der Waals surface area contributed by atoms with Crippen LogP contribution in [0, 0.1) is 0 Å².